The fraction of sp³-hybridized carbons (Fsp3) is 0.429. The number of nitrogens with zero attached hydrogens (tertiary/aromatic N) is 1. The molecule has 1 aliphatic rings. The lowest BCUT2D eigenvalue weighted by molar-refractivity contribution is -0.126. The number of piperidine rings is 1. The lowest BCUT2D eigenvalue weighted by Gasteiger charge is -2.31. The van der Waals surface area contributed by atoms with E-state index < -0.39 is 0 Å². The standard InChI is InChI=1S/C21H26ClN3O2S/c22-17-3-5-18(6-4-17)24-20(26)10-14-25-12-8-16(9-13-25)21(27)23-11-7-19-2-1-15-28-19/h1-6,15-16H,7-14H2,(H,23,27)(H,24,26). The minimum Gasteiger partial charge on any atom is -0.355 e. The molecule has 0 aliphatic carbocycles. The predicted molar refractivity (Wildman–Crippen MR) is 115 cm³/mol. The molecule has 2 N–H and O–H groups in total. The van der Waals surface area contributed by atoms with Gasteiger partial charge in [0.2, 0.25) is 11.8 Å². The van der Waals surface area contributed by atoms with E-state index in [2.05, 4.69) is 27.0 Å². The molecule has 0 bridgehead atoms. The highest BCUT2D eigenvalue weighted by Gasteiger charge is 2.24. The third kappa shape index (κ3) is 6.62. The number of hydrogen-bond acceptors (Lipinski definition) is 4. The van der Waals surface area contributed by atoms with Crippen LogP contribution in [0.5, 0.6) is 0 Å². The van der Waals surface area contributed by atoms with Gasteiger partial charge in [-0.1, -0.05) is 17.7 Å². The smallest absolute Gasteiger partial charge is 0.225 e. The van der Waals surface area contributed by atoms with Crippen molar-refractivity contribution < 1.29 is 9.59 Å². The van der Waals surface area contributed by atoms with E-state index in [-0.39, 0.29) is 17.7 Å². The average Bonchev–Trinajstić information content (AvgIpc) is 3.22. The van der Waals surface area contributed by atoms with Gasteiger partial charge in [0.25, 0.3) is 0 Å². The van der Waals surface area contributed by atoms with Gasteiger partial charge in [0.1, 0.15) is 0 Å². The lowest BCUT2D eigenvalue weighted by Crippen LogP contribution is -2.41. The maximum atomic E-state index is 12.3. The molecule has 0 unspecified atom stereocenters. The Balaban J connectivity index is 1.30. The molecule has 1 aromatic heterocycles. The summed E-state index contributed by atoms with van der Waals surface area (Å²) in [7, 11) is 0. The van der Waals surface area contributed by atoms with Crippen LogP contribution in [-0.2, 0) is 16.0 Å². The molecule has 2 amide bonds. The lowest BCUT2D eigenvalue weighted by atomic mass is 9.95. The van der Waals surface area contributed by atoms with Crippen molar-refractivity contribution in [1.29, 1.82) is 0 Å². The highest BCUT2D eigenvalue weighted by Crippen LogP contribution is 2.18. The largest absolute Gasteiger partial charge is 0.355 e. The number of carbonyl (C=O) groups excluding carboxylic acids is 2. The zero-order valence-corrected chi connectivity index (χ0v) is 17.4. The van der Waals surface area contributed by atoms with E-state index in [1.807, 2.05) is 6.07 Å². The van der Waals surface area contributed by atoms with Crippen molar-refractivity contribution in [3.8, 4) is 0 Å². The molecular formula is C21H26ClN3O2S. The van der Waals surface area contributed by atoms with Crippen LogP contribution in [0.1, 0.15) is 24.1 Å². The minimum absolute atomic E-state index is 0.00392. The van der Waals surface area contributed by atoms with Gasteiger partial charge in [0.05, 0.1) is 0 Å². The van der Waals surface area contributed by atoms with Crippen LogP contribution in [0.3, 0.4) is 0 Å². The molecule has 0 atom stereocenters. The zero-order chi connectivity index (χ0) is 19.8. The Hall–Kier alpha value is -1.89. The van der Waals surface area contributed by atoms with Gasteiger partial charge in [-0.25, -0.2) is 0 Å². The summed E-state index contributed by atoms with van der Waals surface area (Å²) in [6.45, 7) is 3.13. The first-order valence-electron chi connectivity index (χ1n) is 9.68. The van der Waals surface area contributed by atoms with E-state index in [9.17, 15) is 9.59 Å². The molecule has 2 heterocycles. The Morgan fingerprint density at radius 3 is 2.57 bits per heavy atom. The number of likely N-dealkylation sites (tertiary alicyclic amines) is 1. The van der Waals surface area contributed by atoms with E-state index in [0.717, 1.165) is 38.0 Å². The van der Waals surface area contributed by atoms with Crippen molar-refractivity contribution in [2.45, 2.75) is 25.7 Å². The molecule has 1 aromatic carbocycles. The first kappa shape index (κ1) is 20.8. The van der Waals surface area contributed by atoms with E-state index in [4.69, 9.17) is 11.6 Å². The zero-order valence-electron chi connectivity index (χ0n) is 15.8. The van der Waals surface area contributed by atoms with Crippen molar-refractivity contribution in [1.82, 2.24) is 10.2 Å². The fourth-order valence-corrected chi connectivity index (χ4v) is 4.18. The molecule has 1 saturated heterocycles. The van der Waals surface area contributed by atoms with E-state index in [0.29, 0.717) is 24.5 Å². The van der Waals surface area contributed by atoms with Crippen molar-refractivity contribution in [3.63, 3.8) is 0 Å². The first-order chi connectivity index (χ1) is 13.6. The van der Waals surface area contributed by atoms with E-state index >= 15 is 0 Å². The van der Waals surface area contributed by atoms with Gasteiger partial charge >= 0.3 is 0 Å². The number of nitrogens with one attached hydrogen (secondary N) is 2. The second-order valence-electron chi connectivity index (χ2n) is 7.04. The summed E-state index contributed by atoms with van der Waals surface area (Å²) in [5.74, 6) is 0.245. The number of rotatable bonds is 8. The van der Waals surface area contributed by atoms with Crippen molar-refractivity contribution in [2.75, 3.05) is 31.5 Å². The first-order valence-corrected chi connectivity index (χ1v) is 10.9. The Morgan fingerprint density at radius 1 is 1.14 bits per heavy atom. The topological polar surface area (TPSA) is 61.4 Å². The number of amides is 2. The highest BCUT2D eigenvalue weighted by molar-refractivity contribution is 7.09. The van der Waals surface area contributed by atoms with E-state index in [1.165, 1.54) is 4.88 Å². The predicted octanol–water partition coefficient (Wildman–Crippen LogP) is 3.80. The number of thiophene rings is 1. The molecule has 2 aromatic rings. The van der Waals surface area contributed by atoms with Gasteiger partial charge in [0.15, 0.2) is 0 Å². The minimum atomic E-state index is -0.00392. The average molecular weight is 420 g/mol. The Kier molecular flexibility index (Phi) is 7.89. The molecular weight excluding hydrogens is 394 g/mol. The van der Waals surface area contributed by atoms with Crippen LogP contribution in [0.4, 0.5) is 5.69 Å². The van der Waals surface area contributed by atoms with Gasteiger partial charge in [-0.15, -0.1) is 11.3 Å². The van der Waals surface area contributed by atoms with Crippen molar-refractivity contribution in [3.05, 3.63) is 51.7 Å². The maximum Gasteiger partial charge on any atom is 0.225 e. The molecule has 1 aliphatic heterocycles. The monoisotopic (exact) mass is 419 g/mol. The third-order valence-electron chi connectivity index (χ3n) is 4.99. The molecule has 7 heteroatoms. The number of halogens is 1. The van der Waals surface area contributed by atoms with Crippen LogP contribution < -0.4 is 10.6 Å². The van der Waals surface area contributed by atoms with Crippen LogP contribution in [0, 0.1) is 5.92 Å². The SMILES string of the molecule is O=C(CCN1CCC(C(=O)NCCc2cccs2)CC1)Nc1ccc(Cl)cc1. The van der Waals surface area contributed by atoms with Crippen LogP contribution in [0.15, 0.2) is 41.8 Å². The summed E-state index contributed by atoms with van der Waals surface area (Å²) in [6, 6.07) is 11.2. The molecule has 3 rings (SSSR count). The molecule has 5 nitrogen and oxygen atoms in total. The Labute approximate surface area is 175 Å². The summed E-state index contributed by atoms with van der Waals surface area (Å²) >= 11 is 7.57. The highest BCUT2D eigenvalue weighted by atomic mass is 35.5. The van der Waals surface area contributed by atoms with Gasteiger partial charge in [-0.2, -0.15) is 0 Å². The summed E-state index contributed by atoms with van der Waals surface area (Å²) in [5.41, 5.74) is 0.757. The van der Waals surface area contributed by atoms with Crippen LogP contribution in [-0.4, -0.2) is 42.9 Å². The number of anilines is 1. The van der Waals surface area contributed by atoms with Crippen molar-refractivity contribution >= 4 is 40.4 Å². The Morgan fingerprint density at radius 2 is 1.89 bits per heavy atom. The summed E-state index contributed by atoms with van der Waals surface area (Å²) in [4.78, 5) is 28.0. The van der Waals surface area contributed by atoms with Crippen LogP contribution >= 0.6 is 22.9 Å². The third-order valence-corrected chi connectivity index (χ3v) is 6.18. The summed E-state index contributed by atoms with van der Waals surface area (Å²) in [6.07, 6.45) is 3.04. The van der Waals surface area contributed by atoms with Crippen LogP contribution in [0.25, 0.3) is 0 Å². The number of carbonyl (C=O) groups is 2. The molecule has 0 radical (unpaired) electrons. The van der Waals surface area contributed by atoms with Gasteiger partial charge in [-0.3, -0.25) is 9.59 Å². The van der Waals surface area contributed by atoms with Gasteiger partial charge in [0, 0.05) is 41.0 Å². The normalized spacial score (nSPS) is 15.3. The van der Waals surface area contributed by atoms with Crippen LogP contribution in [0.2, 0.25) is 5.02 Å². The van der Waals surface area contributed by atoms with Gasteiger partial charge in [-0.05, 0) is 68.1 Å². The molecule has 1 fully saturated rings. The summed E-state index contributed by atoms with van der Waals surface area (Å²) in [5, 5.41) is 8.65. The number of benzene rings is 1. The molecule has 150 valence electrons. The second kappa shape index (κ2) is 10.6. The fourth-order valence-electron chi connectivity index (χ4n) is 3.34. The number of hydrogen-bond donors (Lipinski definition) is 2. The molecule has 28 heavy (non-hydrogen) atoms. The maximum absolute atomic E-state index is 12.3. The Bertz CT molecular complexity index is 756. The molecule has 0 spiro atoms. The summed E-state index contributed by atoms with van der Waals surface area (Å²) < 4.78 is 0. The van der Waals surface area contributed by atoms with Gasteiger partial charge < -0.3 is 15.5 Å². The second-order valence-corrected chi connectivity index (χ2v) is 8.51. The molecule has 0 saturated carbocycles. The van der Waals surface area contributed by atoms with Crippen molar-refractivity contribution in [2.24, 2.45) is 5.92 Å². The van der Waals surface area contributed by atoms with E-state index in [1.54, 1.807) is 35.6 Å². The quantitative estimate of drug-likeness (QED) is 0.684.